The highest BCUT2D eigenvalue weighted by molar-refractivity contribution is 5.33. The molecule has 5 nitrogen and oxygen atoms in total. The fourth-order valence-corrected chi connectivity index (χ4v) is 3.41. The highest BCUT2D eigenvalue weighted by Gasteiger charge is 2.34. The molecule has 0 saturated carbocycles. The van der Waals surface area contributed by atoms with Crippen LogP contribution >= 0.6 is 0 Å². The van der Waals surface area contributed by atoms with Gasteiger partial charge in [-0.1, -0.05) is 0 Å². The summed E-state index contributed by atoms with van der Waals surface area (Å²) in [7, 11) is 0. The smallest absolute Gasteiger partial charge is 0.338 e. The zero-order valence-electron chi connectivity index (χ0n) is 13.9. The first-order valence-corrected chi connectivity index (χ1v) is 8.53. The van der Waals surface area contributed by atoms with Crippen LogP contribution in [0.1, 0.15) is 24.2 Å². The van der Waals surface area contributed by atoms with E-state index in [0.717, 1.165) is 38.8 Å². The summed E-state index contributed by atoms with van der Waals surface area (Å²) in [4.78, 5) is 12.2. The van der Waals surface area contributed by atoms with Gasteiger partial charge >= 0.3 is 6.18 Å². The van der Waals surface area contributed by atoms with Gasteiger partial charge in [-0.15, -0.1) is 0 Å². The van der Waals surface area contributed by atoms with Crippen molar-refractivity contribution < 1.29 is 13.2 Å². The van der Waals surface area contributed by atoms with E-state index in [4.69, 9.17) is 0 Å². The first kappa shape index (κ1) is 17.4. The minimum Gasteiger partial charge on any atom is -0.338 e. The van der Waals surface area contributed by atoms with Gasteiger partial charge in [0, 0.05) is 38.4 Å². The van der Waals surface area contributed by atoms with Gasteiger partial charge in [0.1, 0.15) is 5.69 Å². The van der Waals surface area contributed by atoms with E-state index >= 15 is 0 Å². The Hall–Kier alpha value is -1.41. The average molecular weight is 343 g/mol. The number of nitrogens with one attached hydrogen (secondary N) is 1. The summed E-state index contributed by atoms with van der Waals surface area (Å²) in [5.74, 6) is 0.874. The molecule has 134 valence electrons. The molecular formula is C16H24F3N5. The number of piperazine rings is 1. The monoisotopic (exact) mass is 343 g/mol. The maximum absolute atomic E-state index is 12.9. The van der Waals surface area contributed by atoms with Crippen LogP contribution in [-0.4, -0.2) is 60.7 Å². The first-order valence-electron chi connectivity index (χ1n) is 8.53. The molecule has 0 radical (unpaired) electrons. The predicted molar refractivity (Wildman–Crippen MR) is 86.0 cm³/mol. The lowest BCUT2D eigenvalue weighted by Crippen LogP contribution is -2.49. The predicted octanol–water partition coefficient (Wildman–Crippen LogP) is 1.93. The van der Waals surface area contributed by atoms with Crippen molar-refractivity contribution in [3.63, 3.8) is 0 Å². The summed E-state index contributed by atoms with van der Waals surface area (Å²) >= 11 is 0. The lowest BCUT2D eigenvalue weighted by atomic mass is 9.99. The minimum absolute atomic E-state index is 0.196. The fourth-order valence-electron chi connectivity index (χ4n) is 3.41. The van der Waals surface area contributed by atoms with Crippen LogP contribution in [-0.2, 0) is 6.18 Å². The van der Waals surface area contributed by atoms with E-state index in [-0.39, 0.29) is 5.95 Å². The molecule has 8 heteroatoms. The molecule has 2 aliphatic rings. The lowest BCUT2D eigenvalue weighted by Gasteiger charge is -2.37. The number of hydrogen-bond acceptors (Lipinski definition) is 5. The summed E-state index contributed by atoms with van der Waals surface area (Å²) in [6.07, 6.45) is -1.95. The Balaban J connectivity index is 1.59. The van der Waals surface area contributed by atoms with E-state index in [2.05, 4.69) is 20.2 Å². The van der Waals surface area contributed by atoms with Crippen molar-refractivity contribution in [2.24, 2.45) is 5.92 Å². The molecule has 0 spiro atoms. The lowest BCUT2D eigenvalue weighted by molar-refractivity contribution is -0.141. The molecule has 0 aliphatic carbocycles. The van der Waals surface area contributed by atoms with Crippen molar-refractivity contribution >= 4 is 5.95 Å². The van der Waals surface area contributed by atoms with Gasteiger partial charge in [-0.25, -0.2) is 9.97 Å². The summed E-state index contributed by atoms with van der Waals surface area (Å²) in [5.41, 5.74) is -0.510. The molecule has 2 saturated heterocycles. The van der Waals surface area contributed by atoms with Crippen LogP contribution in [0.2, 0.25) is 0 Å². The molecule has 1 aromatic rings. The SMILES string of the molecule is Cc1cc(C(F)(F)F)nc(N2CCN(CC3CCCNC3)CC2)n1. The second kappa shape index (κ2) is 7.23. The zero-order valence-corrected chi connectivity index (χ0v) is 13.9. The topological polar surface area (TPSA) is 44.3 Å². The molecular weight excluding hydrogens is 319 g/mol. The van der Waals surface area contributed by atoms with Gasteiger partial charge in [0.05, 0.1) is 0 Å². The Bertz CT molecular complexity index is 549. The number of halogens is 3. The van der Waals surface area contributed by atoms with Gasteiger partial charge in [0.2, 0.25) is 5.95 Å². The highest BCUT2D eigenvalue weighted by Crippen LogP contribution is 2.29. The van der Waals surface area contributed by atoms with E-state index < -0.39 is 11.9 Å². The molecule has 1 atom stereocenters. The summed E-state index contributed by atoms with van der Waals surface area (Å²) in [5, 5.41) is 3.42. The van der Waals surface area contributed by atoms with Crippen molar-refractivity contribution in [3.05, 3.63) is 17.5 Å². The zero-order chi connectivity index (χ0) is 17.2. The molecule has 3 heterocycles. The number of anilines is 1. The van der Waals surface area contributed by atoms with Crippen molar-refractivity contribution in [1.82, 2.24) is 20.2 Å². The minimum atomic E-state index is -4.43. The van der Waals surface area contributed by atoms with Crippen molar-refractivity contribution in [2.45, 2.75) is 25.9 Å². The van der Waals surface area contributed by atoms with Crippen molar-refractivity contribution in [2.75, 3.05) is 50.7 Å². The third-order valence-corrected chi connectivity index (χ3v) is 4.70. The van der Waals surface area contributed by atoms with E-state index in [1.54, 1.807) is 6.92 Å². The van der Waals surface area contributed by atoms with Crippen LogP contribution < -0.4 is 10.2 Å². The quantitative estimate of drug-likeness (QED) is 0.909. The Kier molecular flexibility index (Phi) is 5.24. The number of aromatic nitrogens is 2. The van der Waals surface area contributed by atoms with E-state index in [1.807, 2.05) is 4.90 Å². The summed E-state index contributed by atoms with van der Waals surface area (Å²) in [6, 6.07) is 0.996. The number of rotatable bonds is 3. The number of nitrogens with zero attached hydrogens (tertiary/aromatic N) is 4. The van der Waals surface area contributed by atoms with Gasteiger partial charge in [0.15, 0.2) is 0 Å². The molecule has 1 unspecified atom stereocenters. The van der Waals surface area contributed by atoms with Gasteiger partial charge in [-0.2, -0.15) is 13.2 Å². The summed E-state index contributed by atoms with van der Waals surface area (Å²) in [6.45, 7) is 7.83. The highest BCUT2D eigenvalue weighted by atomic mass is 19.4. The average Bonchev–Trinajstić information content (AvgIpc) is 2.55. The van der Waals surface area contributed by atoms with Gasteiger partial charge < -0.3 is 10.2 Å². The standard InChI is InChI=1S/C16H24F3N5/c1-12-9-14(16(17,18)19)22-15(21-12)24-7-5-23(6-8-24)11-13-3-2-4-20-10-13/h9,13,20H,2-8,10-11H2,1H3. The maximum Gasteiger partial charge on any atom is 0.433 e. The molecule has 1 aromatic heterocycles. The van der Waals surface area contributed by atoms with Crippen LogP contribution in [0.3, 0.4) is 0 Å². The first-order chi connectivity index (χ1) is 11.4. The van der Waals surface area contributed by atoms with Gasteiger partial charge in [-0.3, -0.25) is 4.90 Å². The number of piperidine rings is 1. The Morgan fingerprint density at radius 2 is 1.96 bits per heavy atom. The second-order valence-corrected chi connectivity index (χ2v) is 6.69. The number of aryl methyl sites for hydroxylation is 1. The molecule has 0 amide bonds. The second-order valence-electron chi connectivity index (χ2n) is 6.69. The van der Waals surface area contributed by atoms with Crippen LogP contribution in [0.25, 0.3) is 0 Å². The molecule has 2 aliphatic heterocycles. The molecule has 3 rings (SSSR count). The number of hydrogen-bond donors (Lipinski definition) is 1. The Morgan fingerprint density at radius 3 is 2.58 bits per heavy atom. The van der Waals surface area contributed by atoms with E-state index in [9.17, 15) is 13.2 Å². The van der Waals surface area contributed by atoms with Crippen molar-refractivity contribution in [3.8, 4) is 0 Å². The fraction of sp³-hybridized carbons (Fsp3) is 0.750. The Labute approximate surface area is 140 Å². The molecule has 0 bridgehead atoms. The van der Waals surface area contributed by atoms with Gasteiger partial charge in [-0.05, 0) is 44.8 Å². The molecule has 24 heavy (non-hydrogen) atoms. The van der Waals surface area contributed by atoms with Gasteiger partial charge in [0.25, 0.3) is 0 Å². The van der Waals surface area contributed by atoms with Crippen LogP contribution in [0.15, 0.2) is 6.07 Å². The van der Waals surface area contributed by atoms with E-state index in [1.165, 1.54) is 12.8 Å². The normalized spacial score (nSPS) is 23.5. The van der Waals surface area contributed by atoms with Crippen LogP contribution in [0, 0.1) is 12.8 Å². The summed E-state index contributed by atoms with van der Waals surface area (Å²) < 4.78 is 38.7. The molecule has 1 N–H and O–H groups in total. The van der Waals surface area contributed by atoms with Crippen LogP contribution in [0.5, 0.6) is 0 Å². The third kappa shape index (κ3) is 4.36. The largest absolute Gasteiger partial charge is 0.433 e. The number of alkyl halides is 3. The van der Waals surface area contributed by atoms with Crippen LogP contribution in [0.4, 0.5) is 19.1 Å². The molecule has 0 aromatic carbocycles. The van der Waals surface area contributed by atoms with E-state index in [0.29, 0.717) is 24.7 Å². The molecule has 2 fully saturated rings. The maximum atomic E-state index is 12.9. The Morgan fingerprint density at radius 1 is 1.21 bits per heavy atom. The van der Waals surface area contributed by atoms with Crippen molar-refractivity contribution in [1.29, 1.82) is 0 Å². The third-order valence-electron chi connectivity index (χ3n) is 4.70.